The zero-order chi connectivity index (χ0) is 10.8. The second-order valence-corrected chi connectivity index (χ2v) is 4.29. The number of rotatable bonds is 3. The van der Waals surface area contributed by atoms with Crippen molar-refractivity contribution in [2.75, 3.05) is 7.05 Å². The summed E-state index contributed by atoms with van der Waals surface area (Å²) in [5, 5.41) is -0.226. The van der Waals surface area contributed by atoms with Gasteiger partial charge < -0.3 is 5.73 Å². The molecule has 1 aromatic heterocycles. The lowest BCUT2D eigenvalue weighted by molar-refractivity contribution is 0.1000. The van der Waals surface area contributed by atoms with Crippen molar-refractivity contribution in [2.24, 2.45) is 5.73 Å². The highest BCUT2D eigenvalue weighted by Crippen LogP contribution is 2.06. The Morgan fingerprint density at radius 2 is 2.21 bits per heavy atom. The number of amides is 1. The van der Waals surface area contributed by atoms with Crippen LogP contribution in [0.25, 0.3) is 0 Å². The third kappa shape index (κ3) is 2.06. The average molecular weight is 215 g/mol. The van der Waals surface area contributed by atoms with E-state index in [4.69, 9.17) is 5.73 Å². The van der Waals surface area contributed by atoms with Gasteiger partial charge in [-0.25, -0.2) is 18.1 Å². The second kappa shape index (κ2) is 3.72. The first-order chi connectivity index (χ1) is 6.47. The van der Waals surface area contributed by atoms with Gasteiger partial charge in [0.05, 0.1) is 0 Å². The standard InChI is InChI=1S/C7H9N3O3S/c1-9-14(12,13)6-4-5(7(8)11)2-3-10-6/h2-4,9H,1H3,(H2,8,11). The smallest absolute Gasteiger partial charge is 0.257 e. The van der Waals surface area contributed by atoms with E-state index in [1.54, 1.807) is 0 Å². The molecule has 0 aliphatic carbocycles. The number of carbonyl (C=O) groups excluding carboxylic acids is 1. The quantitative estimate of drug-likeness (QED) is 0.681. The number of pyridine rings is 1. The van der Waals surface area contributed by atoms with Crippen LogP contribution < -0.4 is 10.5 Å². The van der Waals surface area contributed by atoms with Crippen LogP contribution in [0.2, 0.25) is 0 Å². The number of carbonyl (C=O) groups is 1. The van der Waals surface area contributed by atoms with Crippen molar-refractivity contribution in [1.29, 1.82) is 0 Å². The molecule has 0 radical (unpaired) electrons. The molecule has 7 heteroatoms. The van der Waals surface area contributed by atoms with Crippen molar-refractivity contribution < 1.29 is 13.2 Å². The van der Waals surface area contributed by atoms with Crippen LogP contribution in [0.15, 0.2) is 23.4 Å². The summed E-state index contributed by atoms with van der Waals surface area (Å²) in [6.45, 7) is 0. The Morgan fingerprint density at radius 3 is 2.71 bits per heavy atom. The fraction of sp³-hybridized carbons (Fsp3) is 0.143. The maximum atomic E-state index is 11.3. The van der Waals surface area contributed by atoms with Crippen LogP contribution in [0.4, 0.5) is 0 Å². The van der Waals surface area contributed by atoms with Crippen LogP contribution >= 0.6 is 0 Å². The minimum atomic E-state index is -3.62. The van der Waals surface area contributed by atoms with Gasteiger partial charge in [0.2, 0.25) is 5.91 Å². The Kier molecular flexibility index (Phi) is 2.82. The highest BCUT2D eigenvalue weighted by atomic mass is 32.2. The Labute approximate surface area is 81.2 Å². The lowest BCUT2D eigenvalue weighted by Gasteiger charge is -2.01. The van der Waals surface area contributed by atoms with E-state index in [9.17, 15) is 13.2 Å². The summed E-state index contributed by atoms with van der Waals surface area (Å²) in [6, 6.07) is 2.46. The Morgan fingerprint density at radius 1 is 1.57 bits per heavy atom. The number of hydrogen-bond donors (Lipinski definition) is 2. The van der Waals surface area contributed by atoms with Gasteiger partial charge in [-0.05, 0) is 19.2 Å². The molecular weight excluding hydrogens is 206 g/mol. The molecule has 14 heavy (non-hydrogen) atoms. The van der Waals surface area contributed by atoms with Crippen LogP contribution in [0, 0.1) is 0 Å². The first-order valence-corrected chi connectivity index (χ1v) is 5.15. The number of nitrogens with one attached hydrogen (secondary N) is 1. The highest BCUT2D eigenvalue weighted by molar-refractivity contribution is 7.89. The predicted octanol–water partition coefficient (Wildman–Crippen LogP) is -0.911. The van der Waals surface area contributed by atoms with E-state index in [1.807, 2.05) is 0 Å². The topological polar surface area (TPSA) is 102 Å². The van der Waals surface area contributed by atoms with Gasteiger partial charge in [-0.2, -0.15) is 0 Å². The van der Waals surface area contributed by atoms with E-state index < -0.39 is 15.9 Å². The summed E-state index contributed by atoms with van der Waals surface area (Å²) in [4.78, 5) is 14.4. The monoisotopic (exact) mass is 215 g/mol. The lowest BCUT2D eigenvalue weighted by atomic mass is 10.3. The maximum Gasteiger partial charge on any atom is 0.257 e. The first kappa shape index (κ1) is 10.6. The van der Waals surface area contributed by atoms with Crippen molar-refractivity contribution in [1.82, 2.24) is 9.71 Å². The second-order valence-electron chi connectivity index (χ2n) is 2.45. The van der Waals surface area contributed by atoms with E-state index in [-0.39, 0.29) is 10.6 Å². The van der Waals surface area contributed by atoms with Gasteiger partial charge in [-0.15, -0.1) is 0 Å². The van der Waals surface area contributed by atoms with E-state index in [0.717, 1.165) is 6.07 Å². The number of nitrogens with two attached hydrogens (primary N) is 1. The van der Waals surface area contributed by atoms with E-state index in [0.29, 0.717) is 0 Å². The SMILES string of the molecule is CNS(=O)(=O)c1cc(C(N)=O)ccn1. The summed E-state index contributed by atoms with van der Waals surface area (Å²) in [5.74, 6) is -0.694. The summed E-state index contributed by atoms with van der Waals surface area (Å²) < 4.78 is 24.6. The van der Waals surface area contributed by atoms with E-state index >= 15 is 0 Å². The normalized spacial score (nSPS) is 11.2. The molecule has 6 nitrogen and oxygen atoms in total. The van der Waals surface area contributed by atoms with Gasteiger partial charge in [-0.1, -0.05) is 0 Å². The van der Waals surface area contributed by atoms with Gasteiger partial charge in [0.1, 0.15) is 0 Å². The molecule has 0 aromatic carbocycles. The number of aromatic nitrogens is 1. The lowest BCUT2D eigenvalue weighted by Crippen LogP contribution is -2.21. The van der Waals surface area contributed by atoms with Gasteiger partial charge >= 0.3 is 0 Å². The molecule has 1 amide bonds. The minimum absolute atomic E-state index is 0.105. The molecule has 0 unspecified atom stereocenters. The average Bonchev–Trinajstić information content (AvgIpc) is 2.18. The fourth-order valence-corrected chi connectivity index (χ4v) is 1.51. The zero-order valence-electron chi connectivity index (χ0n) is 7.39. The largest absolute Gasteiger partial charge is 0.366 e. The third-order valence-corrected chi connectivity index (χ3v) is 2.87. The predicted molar refractivity (Wildman–Crippen MR) is 49.0 cm³/mol. The van der Waals surface area contributed by atoms with Gasteiger partial charge in [0.25, 0.3) is 10.0 Å². The molecule has 1 heterocycles. The molecule has 0 aliphatic rings. The molecule has 0 saturated heterocycles. The first-order valence-electron chi connectivity index (χ1n) is 3.67. The number of hydrogen-bond acceptors (Lipinski definition) is 4. The van der Waals surface area contributed by atoms with Crippen LogP contribution in [0.5, 0.6) is 0 Å². The van der Waals surface area contributed by atoms with Crippen molar-refractivity contribution in [3.8, 4) is 0 Å². The van der Waals surface area contributed by atoms with Gasteiger partial charge in [0, 0.05) is 11.8 Å². The Balaban J connectivity index is 3.26. The van der Waals surface area contributed by atoms with Crippen molar-refractivity contribution in [3.63, 3.8) is 0 Å². The Hall–Kier alpha value is -1.47. The summed E-state index contributed by atoms with van der Waals surface area (Å²) in [6.07, 6.45) is 1.21. The van der Waals surface area contributed by atoms with Crippen LogP contribution in [0.3, 0.4) is 0 Å². The molecule has 1 rings (SSSR count). The molecule has 1 aromatic rings. The van der Waals surface area contributed by atoms with Crippen molar-refractivity contribution in [2.45, 2.75) is 5.03 Å². The molecule has 0 spiro atoms. The number of primary amides is 1. The molecule has 3 N–H and O–H groups in total. The summed E-state index contributed by atoms with van der Waals surface area (Å²) >= 11 is 0. The molecule has 0 bridgehead atoms. The molecule has 0 saturated carbocycles. The molecule has 0 fully saturated rings. The number of nitrogens with zero attached hydrogens (tertiary/aromatic N) is 1. The van der Waals surface area contributed by atoms with Gasteiger partial charge in [0.15, 0.2) is 5.03 Å². The molecule has 76 valence electrons. The zero-order valence-corrected chi connectivity index (χ0v) is 8.21. The maximum absolute atomic E-state index is 11.3. The van der Waals surface area contributed by atoms with Crippen LogP contribution in [-0.4, -0.2) is 26.4 Å². The highest BCUT2D eigenvalue weighted by Gasteiger charge is 2.14. The van der Waals surface area contributed by atoms with Crippen molar-refractivity contribution >= 4 is 15.9 Å². The molecule has 0 aliphatic heterocycles. The van der Waals surface area contributed by atoms with E-state index in [2.05, 4.69) is 9.71 Å². The van der Waals surface area contributed by atoms with Gasteiger partial charge in [-0.3, -0.25) is 4.79 Å². The van der Waals surface area contributed by atoms with Crippen molar-refractivity contribution in [3.05, 3.63) is 23.9 Å². The van der Waals surface area contributed by atoms with Crippen LogP contribution in [0.1, 0.15) is 10.4 Å². The summed E-state index contributed by atoms with van der Waals surface area (Å²) in [5.41, 5.74) is 5.09. The number of sulfonamides is 1. The third-order valence-electron chi connectivity index (χ3n) is 1.56. The minimum Gasteiger partial charge on any atom is -0.366 e. The Bertz CT molecular complexity index is 455. The molecule has 0 atom stereocenters. The molecular formula is C7H9N3O3S. The fourth-order valence-electron chi connectivity index (χ4n) is 0.814. The van der Waals surface area contributed by atoms with E-state index in [1.165, 1.54) is 19.3 Å². The summed E-state index contributed by atoms with van der Waals surface area (Å²) in [7, 11) is -2.37. The van der Waals surface area contributed by atoms with Crippen LogP contribution in [-0.2, 0) is 10.0 Å².